The smallest absolute Gasteiger partial charge is 0.251 e. The quantitative estimate of drug-likeness (QED) is 0.472. The first-order valence-corrected chi connectivity index (χ1v) is 10.0. The van der Waals surface area contributed by atoms with Crippen LogP contribution in [-0.2, 0) is 15.2 Å². The van der Waals surface area contributed by atoms with Crippen molar-refractivity contribution in [2.45, 2.75) is 44.9 Å². The summed E-state index contributed by atoms with van der Waals surface area (Å²) < 4.78 is 20.4. The number of amides is 2. The van der Waals surface area contributed by atoms with Crippen LogP contribution in [0.1, 0.15) is 32.8 Å². The van der Waals surface area contributed by atoms with Crippen molar-refractivity contribution in [3.8, 4) is 5.75 Å². The highest BCUT2D eigenvalue weighted by molar-refractivity contribution is 6.07. The first-order chi connectivity index (χ1) is 14.5. The van der Waals surface area contributed by atoms with E-state index < -0.39 is 23.4 Å². The standard InChI is InChI=1S/C22H27FN4O4/c1-13-10-16(21(29)27(13)18(24)8-9-25-4)26-12-14(11-19(26)28)31-17-7-5-6-15(20(17)23)22(2,3)30/h5-9,11,13,16,24-25,30H,10,12H2,1-4H3/b9-8-,24-18?/t13?,16-/m0/s1. The van der Waals surface area contributed by atoms with Crippen LogP contribution in [0.2, 0.25) is 0 Å². The van der Waals surface area contributed by atoms with Crippen LogP contribution in [0.25, 0.3) is 0 Å². The minimum Gasteiger partial charge on any atom is -0.457 e. The summed E-state index contributed by atoms with van der Waals surface area (Å²) in [6, 6.07) is 3.47. The van der Waals surface area contributed by atoms with Gasteiger partial charge in [-0.25, -0.2) is 4.39 Å². The van der Waals surface area contributed by atoms with E-state index in [0.717, 1.165) is 0 Å². The number of aliphatic hydroxyl groups is 1. The molecule has 3 rings (SSSR count). The van der Waals surface area contributed by atoms with Crippen LogP contribution in [0.4, 0.5) is 4.39 Å². The first-order valence-electron chi connectivity index (χ1n) is 10.0. The van der Waals surface area contributed by atoms with Crippen LogP contribution in [0.15, 0.2) is 42.3 Å². The van der Waals surface area contributed by atoms with E-state index in [1.165, 1.54) is 47.9 Å². The number of carbonyl (C=O) groups is 2. The maximum atomic E-state index is 14.8. The lowest BCUT2D eigenvalue weighted by atomic mass is 9.97. The van der Waals surface area contributed by atoms with Crippen LogP contribution in [-0.4, -0.2) is 58.2 Å². The van der Waals surface area contributed by atoms with Gasteiger partial charge in [0.1, 0.15) is 17.6 Å². The molecule has 31 heavy (non-hydrogen) atoms. The molecule has 0 saturated carbocycles. The molecule has 0 aromatic heterocycles. The summed E-state index contributed by atoms with van der Waals surface area (Å²) in [6.07, 6.45) is 4.65. The van der Waals surface area contributed by atoms with E-state index in [2.05, 4.69) is 5.32 Å². The van der Waals surface area contributed by atoms with E-state index in [-0.39, 0.29) is 41.4 Å². The highest BCUT2D eigenvalue weighted by Crippen LogP contribution is 2.32. The van der Waals surface area contributed by atoms with Crippen molar-refractivity contribution in [2.75, 3.05) is 13.6 Å². The Labute approximate surface area is 180 Å². The molecular weight excluding hydrogens is 403 g/mol. The molecule has 0 aliphatic carbocycles. The number of ether oxygens (including phenoxy) is 1. The van der Waals surface area contributed by atoms with Crippen molar-refractivity contribution in [1.82, 2.24) is 15.1 Å². The van der Waals surface area contributed by atoms with Gasteiger partial charge in [-0.05, 0) is 45.5 Å². The number of benzene rings is 1. The molecule has 2 amide bonds. The molecule has 2 aliphatic heterocycles. The average molecular weight is 430 g/mol. The van der Waals surface area contributed by atoms with Gasteiger partial charge in [-0.15, -0.1) is 0 Å². The second kappa shape index (κ2) is 8.50. The Morgan fingerprint density at radius 3 is 2.74 bits per heavy atom. The zero-order chi connectivity index (χ0) is 22.9. The molecule has 2 heterocycles. The van der Waals surface area contributed by atoms with E-state index >= 15 is 0 Å². The van der Waals surface area contributed by atoms with Gasteiger partial charge in [-0.3, -0.25) is 19.9 Å². The molecule has 2 aliphatic rings. The number of rotatable bonds is 6. The van der Waals surface area contributed by atoms with Crippen molar-refractivity contribution in [3.63, 3.8) is 0 Å². The number of likely N-dealkylation sites (tertiary alicyclic amines) is 1. The monoisotopic (exact) mass is 430 g/mol. The van der Waals surface area contributed by atoms with E-state index in [9.17, 15) is 19.1 Å². The molecule has 3 N–H and O–H groups in total. The highest BCUT2D eigenvalue weighted by atomic mass is 19.1. The largest absolute Gasteiger partial charge is 0.457 e. The van der Waals surface area contributed by atoms with Crippen molar-refractivity contribution in [1.29, 1.82) is 5.41 Å². The van der Waals surface area contributed by atoms with Gasteiger partial charge >= 0.3 is 0 Å². The maximum absolute atomic E-state index is 14.8. The number of hydrogen-bond acceptors (Lipinski definition) is 6. The third-order valence-electron chi connectivity index (χ3n) is 5.33. The summed E-state index contributed by atoms with van der Waals surface area (Å²) in [6.45, 7) is 4.78. The summed E-state index contributed by atoms with van der Waals surface area (Å²) >= 11 is 0. The second-order valence-electron chi connectivity index (χ2n) is 8.17. The fraction of sp³-hybridized carbons (Fsp3) is 0.409. The number of nitrogens with one attached hydrogen (secondary N) is 2. The lowest BCUT2D eigenvalue weighted by Gasteiger charge is -2.24. The van der Waals surface area contributed by atoms with E-state index in [4.69, 9.17) is 10.1 Å². The molecule has 0 spiro atoms. The fourth-order valence-corrected chi connectivity index (χ4v) is 3.81. The van der Waals surface area contributed by atoms with E-state index in [1.54, 1.807) is 19.3 Å². The maximum Gasteiger partial charge on any atom is 0.251 e. The Balaban J connectivity index is 1.74. The molecule has 1 saturated heterocycles. The van der Waals surface area contributed by atoms with E-state index in [0.29, 0.717) is 6.42 Å². The highest BCUT2D eigenvalue weighted by Gasteiger charge is 2.45. The Kier molecular flexibility index (Phi) is 6.17. The molecular formula is C22H27FN4O4. The molecule has 8 nitrogen and oxygen atoms in total. The normalized spacial score (nSPS) is 21.8. The van der Waals surface area contributed by atoms with Gasteiger partial charge in [0.25, 0.3) is 11.8 Å². The van der Waals surface area contributed by atoms with Gasteiger partial charge in [-0.2, -0.15) is 0 Å². The predicted octanol–water partition coefficient (Wildman–Crippen LogP) is 1.86. The molecule has 9 heteroatoms. The number of halogens is 1. The molecule has 1 aromatic carbocycles. The van der Waals surface area contributed by atoms with Crippen molar-refractivity contribution < 1.29 is 23.8 Å². The van der Waals surface area contributed by atoms with Gasteiger partial charge in [0, 0.05) is 24.7 Å². The molecule has 2 atom stereocenters. The van der Waals surface area contributed by atoms with Crippen LogP contribution in [0, 0.1) is 11.2 Å². The van der Waals surface area contributed by atoms with Crippen LogP contribution >= 0.6 is 0 Å². The summed E-state index contributed by atoms with van der Waals surface area (Å²) in [5.74, 6) is -1.30. The van der Waals surface area contributed by atoms with Crippen LogP contribution in [0.3, 0.4) is 0 Å². The minimum absolute atomic E-state index is 0.0155. The van der Waals surface area contributed by atoms with Crippen molar-refractivity contribution >= 4 is 17.6 Å². The number of amidine groups is 1. The molecule has 166 valence electrons. The summed E-state index contributed by atoms with van der Waals surface area (Å²) in [5.41, 5.74) is -1.31. The third kappa shape index (κ3) is 4.46. The van der Waals surface area contributed by atoms with Crippen molar-refractivity contribution in [3.05, 3.63) is 53.7 Å². The van der Waals surface area contributed by atoms with Gasteiger partial charge in [-0.1, -0.05) is 12.1 Å². The third-order valence-corrected chi connectivity index (χ3v) is 5.33. The first kappa shape index (κ1) is 22.5. The second-order valence-corrected chi connectivity index (χ2v) is 8.17. The van der Waals surface area contributed by atoms with Gasteiger partial charge in [0.2, 0.25) is 0 Å². The minimum atomic E-state index is -1.39. The lowest BCUT2D eigenvalue weighted by Crippen LogP contribution is -2.44. The average Bonchev–Trinajstić information content (AvgIpc) is 3.19. The molecule has 1 aromatic rings. The number of nitrogens with zero attached hydrogens (tertiary/aromatic N) is 2. The molecule has 0 radical (unpaired) electrons. The molecule has 1 unspecified atom stereocenters. The molecule has 0 bridgehead atoms. The summed E-state index contributed by atoms with van der Waals surface area (Å²) in [7, 11) is 1.69. The zero-order valence-electron chi connectivity index (χ0n) is 18.0. The van der Waals surface area contributed by atoms with Gasteiger partial charge in [0.05, 0.1) is 12.1 Å². The topological polar surface area (TPSA) is 106 Å². The zero-order valence-corrected chi connectivity index (χ0v) is 18.0. The Bertz CT molecular complexity index is 967. The van der Waals surface area contributed by atoms with Crippen LogP contribution in [0.5, 0.6) is 5.75 Å². The SMILES string of the molecule is CN/C=C\C(=N)N1C(=O)[C@@H](N2CC(Oc3cccc(C(C)(C)O)c3F)=CC2=O)CC1C. The molecule has 1 fully saturated rings. The van der Waals surface area contributed by atoms with Crippen molar-refractivity contribution in [2.24, 2.45) is 0 Å². The summed E-state index contributed by atoms with van der Waals surface area (Å²) in [4.78, 5) is 28.2. The van der Waals surface area contributed by atoms with E-state index in [1.807, 2.05) is 6.92 Å². The Morgan fingerprint density at radius 2 is 2.10 bits per heavy atom. The van der Waals surface area contributed by atoms with Gasteiger partial charge in [0.15, 0.2) is 11.6 Å². The van der Waals surface area contributed by atoms with Crippen LogP contribution < -0.4 is 10.1 Å². The Morgan fingerprint density at radius 1 is 1.39 bits per heavy atom. The fourth-order valence-electron chi connectivity index (χ4n) is 3.81. The Hall–Kier alpha value is -3.20. The number of carbonyl (C=O) groups excluding carboxylic acids is 2. The van der Waals surface area contributed by atoms with Gasteiger partial charge < -0.3 is 20.1 Å². The summed E-state index contributed by atoms with van der Waals surface area (Å²) in [5, 5.41) is 21.0. The lowest BCUT2D eigenvalue weighted by molar-refractivity contribution is -0.136. The predicted molar refractivity (Wildman–Crippen MR) is 113 cm³/mol. The number of hydrogen-bond donors (Lipinski definition) is 3.